The van der Waals surface area contributed by atoms with Gasteiger partial charge in [0.05, 0.1) is 4.92 Å². The first kappa shape index (κ1) is 13.7. The highest BCUT2D eigenvalue weighted by Gasteiger charge is 2.40. The van der Waals surface area contributed by atoms with Crippen LogP contribution in [0.1, 0.15) is 6.42 Å². The molecule has 1 aliphatic carbocycles. The van der Waals surface area contributed by atoms with Gasteiger partial charge >= 0.3 is 6.18 Å². The van der Waals surface area contributed by atoms with Gasteiger partial charge in [0, 0.05) is 18.1 Å². The second-order valence-electron chi connectivity index (χ2n) is 2.96. The molecule has 0 atom stereocenters. The van der Waals surface area contributed by atoms with E-state index < -0.39 is 49.0 Å². The quantitative estimate of drug-likeness (QED) is 0.418. The van der Waals surface area contributed by atoms with Crippen molar-refractivity contribution in [3.8, 4) is 0 Å². The molecule has 1 aliphatic rings. The highest BCUT2D eigenvalue weighted by atomic mass is 35.5. The van der Waals surface area contributed by atoms with Gasteiger partial charge in [0.15, 0.2) is 0 Å². The maximum absolute atomic E-state index is 12.4. The first-order chi connectivity index (χ1) is 7.64. The summed E-state index contributed by atoms with van der Waals surface area (Å²) < 4.78 is 58.4. The summed E-state index contributed by atoms with van der Waals surface area (Å²) in [6.45, 7) is 0. The molecule has 10 heteroatoms. The number of hydrogen-bond acceptors (Lipinski definition) is 4. The third-order valence-corrected chi connectivity index (χ3v) is 3.18. The largest absolute Gasteiger partial charge is 0.413 e. The Labute approximate surface area is 98.9 Å². The second kappa shape index (κ2) is 4.49. The molecule has 0 amide bonds. The van der Waals surface area contributed by atoms with Gasteiger partial charge in [-0.25, -0.2) is 0 Å². The summed E-state index contributed by atoms with van der Waals surface area (Å²) in [5.41, 5.74) is -2.41. The maximum Gasteiger partial charge on any atom is 0.413 e. The van der Waals surface area contributed by atoms with Crippen LogP contribution in [0.3, 0.4) is 0 Å². The predicted octanol–water partition coefficient (Wildman–Crippen LogP) is 1.66. The molecule has 0 N–H and O–H groups in total. The Hall–Kier alpha value is -1.35. The van der Waals surface area contributed by atoms with E-state index in [1.54, 1.807) is 0 Å². The standard InChI is InChI=1S/C7H3ClF3NO4S/c8-6-4(12(13)14)1-3(7(9,10)11)2-5(6)17(15)16/h1H,2H2. The number of nitrogens with zero attached hydrogens (tertiary/aromatic N) is 1. The fourth-order valence-electron chi connectivity index (χ4n) is 1.12. The van der Waals surface area contributed by atoms with Crippen LogP contribution in [-0.2, 0) is 10.3 Å². The number of halogens is 4. The van der Waals surface area contributed by atoms with Crippen LogP contribution < -0.4 is 0 Å². The monoisotopic (exact) mass is 289 g/mol. The van der Waals surface area contributed by atoms with Gasteiger partial charge in [-0.15, -0.1) is 0 Å². The fraction of sp³-hybridized carbons (Fsp3) is 0.286. The topological polar surface area (TPSA) is 77.3 Å². The first-order valence-corrected chi connectivity index (χ1v) is 5.37. The number of nitro groups is 1. The molecule has 0 unspecified atom stereocenters. The Balaban J connectivity index is 3.52. The molecule has 0 bridgehead atoms. The van der Waals surface area contributed by atoms with Crippen LogP contribution in [0.4, 0.5) is 13.2 Å². The third-order valence-electron chi connectivity index (χ3n) is 1.89. The van der Waals surface area contributed by atoms with Gasteiger partial charge in [0.1, 0.15) is 9.90 Å². The second-order valence-corrected chi connectivity index (χ2v) is 4.30. The van der Waals surface area contributed by atoms with Crippen molar-refractivity contribution in [3.63, 3.8) is 0 Å². The van der Waals surface area contributed by atoms with Crippen LogP contribution in [-0.4, -0.2) is 24.4 Å². The molecular formula is C7H3ClF3NO4S. The summed E-state index contributed by atoms with van der Waals surface area (Å²) in [6.07, 6.45) is -5.61. The summed E-state index contributed by atoms with van der Waals surface area (Å²) in [6, 6.07) is 0. The van der Waals surface area contributed by atoms with Crippen LogP contribution in [0.15, 0.2) is 22.4 Å². The fourth-order valence-corrected chi connectivity index (χ4v) is 2.02. The third kappa shape index (κ3) is 2.86. The van der Waals surface area contributed by atoms with E-state index in [0.717, 1.165) is 0 Å². The summed E-state index contributed by atoms with van der Waals surface area (Å²) in [5.74, 6) is 0. The lowest BCUT2D eigenvalue weighted by Crippen LogP contribution is -2.22. The Bertz CT molecular complexity index is 564. The van der Waals surface area contributed by atoms with Crippen molar-refractivity contribution in [2.24, 2.45) is 0 Å². The molecule has 0 aromatic carbocycles. The predicted molar refractivity (Wildman–Crippen MR) is 52.6 cm³/mol. The van der Waals surface area contributed by atoms with Crippen LogP contribution in [0.25, 0.3) is 0 Å². The Morgan fingerprint density at radius 2 is 1.94 bits per heavy atom. The molecule has 0 heterocycles. The maximum atomic E-state index is 12.4. The van der Waals surface area contributed by atoms with E-state index >= 15 is 0 Å². The lowest BCUT2D eigenvalue weighted by molar-refractivity contribution is -0.419. The van der Waals surface area contributed by atoms with E-state index in [2.05, 4.69) is 0 Å². The van der Waals surface area contributed by atoms with Gasteiger partial charge < -0.3 is 0 Å². The molecule has 1 rings (SSSR count). The molecular weight excluding hydrogens is 287 g/mol. The van der Waals surface area contributed by atoms with E-state index in [9.17, 15) is 31.7 Å². The molecule has 94 valence electrons. The van der Waals surface area contributed by atoms with Gasteiger partial charge in [0.2, 0.25) is 10.3 Å². The van der Waals surface area contributed by atoms with Crippen molar-refractivity contribution >= 4 is 26.8 Å². The molecule has 0 aromatic rings. The van der Waals surface area contributed by atoms with Crippen LogP contribution in [0.2, 0.25) is 0 Å². The van der Waals surface area contributed by atoms with E-state index in [4.69, 9.17) is 11.6 Å². The average Bonchev–Trinajstić information content (AvgIpc) is 2.14. The molecule has 0 radical (unpaired) electrons. The molecule has 0 spiro atoms. The summed E-state index contributed by atoms with van der Waals surface area (Å²) >= 11 is 5.35. The molecule has 0 fully saturated rings. The molecule has 17 heavy (non-hydrogen) atoms. The van der Waals surface area contributed by atoms with Crippen LogP contribution in [0.5, 0.6) is 0 Å². The number of alkyl halides is 3. The van der Waals surface area contributed by atoms with Crippen LogP contribution >= 0.6 is 11.6 Å². The van der Waals surface area contributed by atoms with Crippen molar-refractivity contribution in [3.05, 3.63) is 32.5 Å². The minimum absolute atomic E-state index is 0.235. The highest BCUT2D eigenvalue weighted by Crippen LogP contribution is 2.35. The SMILES string of the molecule is O=[N+]([O-])C1=C(Cl)C(=S(=O)=O)CC(C(F)(F)F)=C1. The zero-order valence-corrected chi connectivity index (χ0v) is 9.36. The Morgan fingerprint density at radius 1 is 1.41 bits per heavy atom. The zero-order chi connectivity index (χ0) is 13.4. The van der Waals surface area contributed by atoms with Gasteiger partial charge in [-0.05, 0) is 0 Å². The van der Waals surface area contributed by atoms with Gasteiger partial charge in [-0.3, -0.25) is 10.1 Å². The Morgan fingerprint density at radius 3 is 2.29 bits per heavy atom. The van der Waals surface area contributed by atoms with Crippen molar-refractivity contribution in [1.29, 1.82) is 0 Å². The van der Waals surface area contributed by atoms with Crippen molar-refractivity contribution < 1.29 is 26.5 Å². The van der Waals surface area contributed by atoms with E-state index in [1.807, 2.05) is 0 Å². The molecule has 0 saturated heterocycles. The first-order valence-electron chi connectivity index (χ1n) is 3.92. The van der Waals surface area contributed by atoms with Crippen LogP contribution in [0, 0.1) is 10.1 Å². The van der Waals surface area contributed by atoms with E-state index in [-0.39, 0.29) is 6.08 Å². The van der Waals surface area contributed by atoms with Gasteiger partial charge in [-0.2, -0.15) is 21.6 Å². The minimum atomic E-state index is -4.84. The summed E-state index contributed by atoms with van der Waals surface area (Å²) in [4.78, 5) is 8.44. The lowest BCUT2D eigenvalue weighted by Gasteiger charge is -2.14. The van der Waals surface area contributed by atoms with E-state index in [1.165, 1.54) is 0 Å². The minimum Gasteiger partial charge on any atom is -0.258 e. The molecule has 0 aliphatic heterocycles. The molecule has 0 saturated carbocycles. The van der Waals surface area contributed by atoms with Gasteiger partial charge in [0.25, 0.3) is 5.70 Å². The molecule has 5 nitrogen and oxygen atoms in total. The van der Waals surface area contributed by atoms with Crippen molar-refractivity contribution in [2.45, 2.75) is 12.6 Å². The summed E-state index contributed by atoms with van der Waals surface area (Å²) in [7, 11) is -3.04. The smallest absolute Gasteiger partial charge is 0.258 e. The number of rotatable bonds is 1. The van der Waals surface area contributed by atoms with E-state index in [0.29, 0.717) is 0 Å². The average molecular weight is 290 g/mol. The van der Waals surface area contributed by atoms with Gasteiger partial charge in [-0.1, -0.05) is 11.6 Å². The number of allylic oxidation sites excluding steroid dienone is 3. The summed E-state index contributed by atoms with van der Waals surface area (Å²) in [5, 5.41) is 9.65. The molecule has 0 aromatic heterocycles. The zero-order valence-electron chi connectivity index (χ0n) is 7.78. The lowest BCUT2D eigenvalue weighted by atomic mass is 10.0. The van der Waals surface area contributed by atoms with Crippen molar-refractivity contribution in [1.82, 2.24) is 0 Å². The Kier molecular flexibility index (Phi) is 3.62. The normalized spacial score (nSPS) is 16.9. The number of hydrogen-bond donors (Lipinski definition) is 0. The van der Waals surface area contributed by atoms with Crippen molar-refractivity contribution in [2.75, 3.05) is 0 Å². The highest BCUT2D eigenvalue weighted by molar-refractivity contribution is 7.73.